The van der Waals surface area contributed by atoms with Gasteiger partial charge in [0.25, 0.3) is 5.91 Å². The van der Waals surface area contributed by atoms with Gasteiger partial charge in [0.05, 0.1) is 24.3 Å². The van der Waals surface area contributed by atoms with E-state index in [0.29, 0.717) is 12.1 Å². The van der Waals surface area contributed by atoms with Crippen molar-refractivity contribution in [2.75, 3.05) is 0 Å². The molecular weight excluding hydrogens is 194 g/mol. The van der Waals surface area contributed by atoms with E-state index in [4.69, 9.17) is 4.42 Å². The molecule has 2 aromatic heterocycles. The first-order chi connectivity index (χ1) is 7.27. The molecular formula is C10H11N3O2. The van der Waals surface area contributed by atoms with E-state index in [2.05, 4.69) is 15.5 Å². The quantitative estimate of drug-likeness (QED) is 0.791. The lowest BCUT2D eigenvalue weighted by molar-refractivity contribution is 0.0950. The molecule has 0 unspecified atom stereocenters. The molecule has 0 aliphatic carbocycles. The van der Waals surface area contributed by atoms with E-state index in [9.17, 15) is 4.79 Å². The molecule has 5 nitrogen and oxygen atoms in total. The van der Waals surface area contributed by atoms with Crippen LogP contribution in [0.4, 0.5) is 0 Å². The Balaban J connectivity index is 1.96. The first kappa shape index (κ1) is 9.51. The summed E-state index contributed by atoms with van der Waals surface area (Å²) in [6, 6.07) is 1.81. The number of H-pyrrole nitrogens is 1. The highest BCUT2D eigenvalue weighted by molar-refractivity contribution is 5.94. The number of amides is 1. The van der Waals surface area contributed by atoms with Crippen LogP contribution in [-0.4, -0.2) is 16.1 Å². The monoisotopic (exact) mass is 205 g/mol. The van der Waals surface area contributed by atoms with E-state index in [0.717, 1.165) is 11.3 Å². The average molecular weight is 205 g/mol. The molecule has 0 saturated heterocycles. The van der Waals surface area contributed by atoms with Gasteiger partial charge >= 0.3 is 0 Å². The summed E-state index contributed by atoms with van der Waals surface area (Å²) in [5.41, 5.74) is 2.27. The summed E-state index contributed by atoms with van der Waals surface area (Å²) in [5.74, 6) is -0.137. The number of aryl methyl sites for hydroxylation is 1. The number of hydrogen-bond donors (Lipinski definition) is 2. The molecule has 0 bridgehead atoms. The van der Waals surface area contributed by atoms with Crippen LogP contribution >= 0.6 is 0 Å². The molecule has 0 aliphatic rings. The molecule has 0 spiro atoms. The van der Waals surface area contributed by atoms with Gasteiger partial charge in [-0.05, 0) is 13.0 Å². The van der Waals surface area contributed by atoms with Crippen molar-refractivity contribution in [3.63, 3.8) is 0 Å². The van der Waals surface area contributed by atoms with Gasteiger partial charge in [0, 0.05) is 17.8 Å². The second-order valence-corrected chi connectivity index (χ2v) is 3.22. The fraction of sp³-hybridized carbons (Fsp3) is 0.200. The van der Waals surface area contributed by atoms with Crippen LogP contribution < -0.4 is 5.32 Å². The van der Waals surface area contributed by atoms with Crippen LogP contribution in [0.3, 0.4) is 0 Å². The molecule has 78 valence electrons. The van der Waals surface area contributed by atoms with Gasteiger partial charge in [0.2, 0.25) is 0 Å². The third-order valence-corrected chi connectivity index (χ3v) is 2.11. The molecule has 2 N–H and O–H groups in total. The lowest BCUT2D eigenvalue weighted by Gasteiger charge is -2.01. The molecule has 0 saturated carbocycles. The number of rotatable bonds is 3. The molecule has 2 heterocycles. The number of hydrogen-bond acceptors (Lipinski definition) is 3. The molecule has 0 atom stereocenters. The van der Waals surface area contributed by atoms with E-state index >= 15 is 0 Å². The Kier molecular flexibility index (Phi) is 2.53. The molecule has 1 amide bonds. The second-order valence-electron chi connectivity index (χ2n) is 3.22. The Morgan fingerprint density at radius 2 is 2.53 bits per heavy atom. The number of nitrogens with one attached hydrogen (secondary N) is 2. The summed E-state index contributed by atoms with van der Waals surface area (Å²) in [6.45, 7) is 2.26. The molecule has 0 aliphatic heterocycles. The average Bonchev–Trinajstić information content (AvgIpc) is 2.84. The first-order valence-electron chi connectivity index (χ1n) is 4.56. The minimum absolute atomic E-state index is 0.137. The van der Waals surface area contributed by atoms with Crippen molar-refractivity contribution in [1.82, 2.24) is 15.5 Å². The number of furan rings is 1. The van der Waals surface area contributed by atoms with Crippen LogP contribution in [0.5, 0.6) is 0 Å². The van der Waals surface area contributed by atoms with Crippen molar-refractivity contribution in [2.24, 2.45) is 0 Å². The van der Waals surface area contributed by atoms with E-state index in [-0.39, 0.29) is 5.91 Å². The highest BCUT2D eigenvalue weighted by atomic mass is 16.3. The van der Waals surface area contributed by atoms with Crippen molar-refractivity contribution in [2.45, 2.75) is 13.5 Å². The second kappa shape index (κ2) is 4.00. The Morgan fingerprint density at radius 3 is 3.13 bits per heavy atom. The topological polar surface area (TPSA) is 70.9 Å². The van der Waals surface area contributed by atoms with Crippen molar-refractivity contribution in [3.8, 4) is 0 Å². The largest absolute Gasteiger partial charge is 0.472 e. The summed E-state index contributed by atoms with van der Waals surface area (Å²) < 4.78 is 4.89. The van der Waals surface area contributed by atoms with E-state index in [1.54, 1.807) is 19.5 Å². The van der Waals surface area contributed by atoms with Crippen LogP contribution in [0.2, 0.25) is 0 Å². The number of nitrogens with zero attached hydrogens (tertiary/aromatic N) is 1. The van der Waals surface area contributed by atoms with Crippen molar-refractivity contribution in [1.29, 1.82) is 0 Å². The van der Waals surface area contributed by atoms with Gasteiger partial charge in [-0.1, -0.05) is 0 Å². The number of carbonyl (C=O) groups is 1. The van der Waals surface area contributed by atoms with Crippen molar-refractivity contribution < 1.29 is 9.21 Å². The standard InChI is InChI=1S/C10H11N3O2/c1-7-9(5-12-13-7)10(14)11-4-8-2-3-15-6-8/h2-3,5-6H,4H2,1H3,(H,11,14)(H,12,13). The maximum atomic E-state index is 11.6. The molecule has 0 fully saturated rings. The van der Waals surface area contributed by atoms with Gasteiger partial charge in [0.15, 0.2) is 0 Å². The SMILES string of the molecule is Cc1[nH]ncc1C(=O)NCc1ccoc1. The Morgan fingerprint density at radius 1 is 1.67 bits per heavy atom. The van der Waals surface area contributed by atoms with Crippen LogP contribution in [0.25, 0.3) is 0 Å². The fourth-order valence-corrected chi connectivity index (χ4v) is 1.25. The summed E-state index contributed by atoms with van der Waals surface area (Å²) >= 11 is 0. The van der Waals surface area contributed by atoms with Crippen molar-refractivity contribution in [3.05, 3.63) is 41.6 Å². The zero-order valence-corrected chi connectivity index (χ0v) is 8.28. The Labute approximate surface area is 86.5 Å². The highest BCUT2D eigenvalue weighted by Gasteiger charge is 2.09. The lowest BCUT2D eigenvalue weighted by Crippen LogP contribution is -2.22. The fourth-order valence-electron chi connectivity index (χ4n) is 1.25. The Hall–Kier alpha value is -2.04. The van der Waals surface area contributed by atoms with Gasteiger partial charge in [-0.2, -0.15) is 5.10 Å². The molecule has 0 aromatic carbocycles. The zero-order chi connectivity index (χ0) is 10.7. The van der Waals surface area contributed by atoms with Crippen LogP contribution in [0.1, 0.15) is 21.6 Å². The molecule has 2 rings (SSSR count). The Bertz CT molecular complexity index is 445. The van der Waals surface area contributed by atoms with Crippen LogP contribution in [-0.2, 0) is 6.54 Å². The normalized spacial score (nSPS) is 10.2. The van der Waals surface area contributed by atoms with Crippen LogP contribution in [0.15, 0.2) is 29.2 Å². The minimum Gasteiger partial charge on any atom is -0.472 e. The maximum absolute atomic E-state index is 11.6. The third kappa shape index (κ3) is 2.07. The number of carbonyl (C=O) groups excluding carboxylic acids is 1. The lowest BCUT2D eigenvalue weighted by atomic mass is 10.2. The first-order valence-corrected chi connectivity index (χ1v) is 4.56. The number of aromatic nitrogens is 2. The minimum atomic E-state index is -0.137. The molecule has 2 aromatic rings. The van der Waals surface area contributed by atoms with E-state index in [1.165, 1.54) is 6.20 Å². The van der Waals surface area contributed by atoms with Crippen molar-refractivity contribution >= 4 is 5.91 Å². The predicted octanol–water partition coefficient (Wildman–Crippen LogP) is 1.24. The summed E-state index contributed by atoms with van der Waals surface area (Å²) in [4.78, 5) is 11.6. The van der Waals surface area contributed by atoms with Gasteiger partial charge in [-0.3, -0.25) is 9.89 Å². The molecule has 15 heavy (non-hydrogen) atoms. The predicted molar refractivity (Wildman–Crippen MR) is 53.2 cm³/mol. The summed E-state index contributed by atoms with van der Waals surface area (Å²) in [7, 11) is 0. The summed E-state index contributed by atoms with van der Waals surface area (Å²) in [5, 5.41) is 9.27. The van der Waals surface area contributed by atoms with Gasteiger partial charge in [-0.25, -0.2) is 0 Å². The van der Waals surface area contributed by atoms with Gasteiger partial charge < -0.3 is 9.73 Å². The van der Waals surface area contributed by atoms with Gasteiger partial charge in [0.1, 0.15) is 0 Å². The van der Waals surface area contributed by atoms with E-state index < -0.39 is 0 Å². The number of aromatic amines is 1. The zero-order valence-electron chi connectivity index (χ0n) is 8.28. The molecule has 0 radical (unpaired) electrons. The summed E-state index contributed by atoms with van der Waals surface area (Å²) in [6.07, 6.45) is 4.69. The third-order valence-electron chi connectivity index (χ3n) is 2.11. The van der Waals surface area contributed by atoms with Crippen LogP contribution in [0, 0.1) is 6.92 Å². The molecule has 5 heteroatoms. The van der Waals surface area contributed by atoms with E-state index in [1.807, 2.05) is 6.07 Å². The highest BCUT2D eigenvalue weighted by Crippen LogP contribution is 2.03. The smallest absolute Gasteiger partial charge is 0.255 e. The maximum Gasteiger partial charge on any atom is 0.255 e. The van der Waals surface area contributed by atoms with Gasteiger partial charge in [-0.15, -0.1) is 0 Å².